The second-order valence-corrected chi connectivity index (χ2v) is 3.82. The molecule has 0 saturated heterocycles. The van der Waals surface area contributed by atoms with Gasteiger partial charge in [-0.3, -0.25) is 9.78 Å². The second kappa shape index (κ2) is 4.84. The molecule has 0 spiro atoms. The Labute approximate surface area is 94.5 Å². The van der Waals surface area contributed by atoms with Crippen molar-refractivity contribution in [2.75, 3.05) is 0 Å². The summed E-state index contributed by atoms with van der Waals surface area (Å²) in [5.74, 6) is 0.229. The summed E-state index contributed by atoms with van der Waals surface area (Å²) in [6.45, 7) is 2.00. The summed E-state index contributed by atoms with van der Waals surface area (Å²) in [6, 6.07) is 7.68. The third kappa shape index (κ3) is 2.42. The fourth-order valence-electron chi connectivity index (χ4n) is 1.65. The summed E-state index contributed by atoms with van der Waals surface area (Å²) in [7, 11) is 0. The number of rotatable bonds is 4. The van der Waals surface area contributed by atoms with Gasteiger partial charge in [0.05, 0.1) is 23.1 Å². The zero-order chi connectivity index (χ0) is 11.4. The van der Waals surface area contributed by atoms with Gasteiger partial charge in [-0.1, -0.05) is 19.1 Å². The highest BCUT2D eigenvalue weighted by Crippen LogP contribution is 2.09. The molecule has 2 aromatic rings. The van der Waals surface area contributed by atoms with E-state index in [1.165, 1.54) is 0 Å². The number of carbonyl (C=O) groups excluding carboxylic acids is 1. The van der Waals surface area contributed by atoms with Crippen molar-refractivity contribution >= 4 is 16.8 Å². The lowest BCUT2D eigenvalue weighted by Gasteiger charge is -2.01. The maximum atomic E-state index is 11.5. The van der Waals surface area contributed by atoms with Crippen LogP contribution in [0.5, 0.6) is 0 Å². The molecule has 1 heterocycles. The number of para-hydroxylation sites is 2. The van der Waals surface area contributed by atoms with Gasteiger partial charge in [-0.15, -0.1) is 0 Å². The Bertz CT molecular complexity index is 508. The molecule has 3 nitrogen and oxygen atoms in total. The average Bonchev–Trinajstić information content (AvgIpc) is 2.29. The van der Waals surface area contributed by atoms with Gasteiger partial charge in [0.25, 0.3) is 0 Å². The third-order valence-corrected chi connectivity index (χ3v) is 2.41. The first-order chi connectivity index (χ1) is 7.79. The van der Waals surface area contributed by atoms with Gasteiger partial charge in [-0.05, 0) is 18.6 Å². The molecule has 0 N–H and O–H groups in total. The molecule has 0 aliphatic rings. The van der Waals surface area contributed by atoms with Gasteiger partial charge in [-0.25, -0.2) is 4.98 Å². The highest BCUT2D eigenvalue weighted by Gasteiger charge is 2.05. The zero-order valence-corrected chi connectivity index (χ0v) is 9.31. The largest absolute Gasteiger partial charge is 0.299 e. The molecule has 16 heavy (non-hydrogen) atoms. The van der Waals surface area contributed by atoms with E-state index < -0.39 is 0 Å². The maximum Gasteiger partial charge on any atom is 0.138 e. The molecule has 3 heteroatoms. The first-order valence-electron chi connectivity index (χ1n) is 5.52. The minimum Gasteiger partial charge on any atom is -0.299 e. The topological polar surface area (TPSA) is 42.9 Å². The Morgan fingerprint density at radius 1 is 1.25 bits per heavy atom. The van der Waals surface area contributed by atoms with E-state index in [0.29, 0.717) is 12.8 Å². The van der Waals surface area contributed by atoms with Gasteiger partial charge in [0.2, 0.25) is 0 Å². The fraction of sp³-hybridized carbons (Fsp3) is 0.308. The Balaban J connectivity index is 2.22. The van der Waals surface area contributed by atoms with Crippen LogP contribution in [0, 0.1) is 0 Å². The fourth-order valence-corrected chi connectivity index (χ4v) is 1.65. The van der Waals surface area contributed by atoms with E-state index in [1.54, 1.807) is 6.20 Å². The van der Waals surface area contributed by atoms with Crippen molar-refractivity contribution in [3.63, 3.8) is 0 Å². The lowest BCUT2D eigenvalue weighted by atomic mass is 10.1. The molecule has 0 radical (unpaired) electrons. The first-order valence-corrected chi connectivity index (χ1v) is 5.52. The lowest BCUT2D eigenvalue weighted by molar-refractivity contribution is -0.118. The Kier molecular flexibility index (Phi) is 3.25. The standard InChI is InChI=1S/C13H14N2O/c1-2-5-11(16)8-10-9-14-12-6-3-4-7-13(12)15-10/h3-4,6-7,9H,2,5,8H2,1H3. The molecule has 0 bridgehead atoms. The summed E-state index contributed by atoms with van der Waals surface area (Å²) < 4.78 is 0. The van der Waals surface area contributed by atoms with Crippen molar-refractivity contribution < 1.29 is 4.79 Å². The van der Waals surface area contributed by atoms with E-state index in [9.17, 15) is 4.79 Å². The van der Waals surface area contributed by atoms with Crippen molar-refractivity contribution in [3.8, 4) is 0 Å². The van der Waals surface area contributed by atoms with Gasteiger partial charge in [0, 0.05) is 12.6 Å². The van der Waals surface area contributed by atoms with E-state index >= 15 is 0 Å². The molecule has 0 unspecified atom stereocenters. The molecular formula is C13H14N2O. The predicted octanol–water partition coefficient (Wildman–Crippen LogP) is 2.54. The van der Waals surface area contributed by atoms with Crippen LogP contribution in [0.4, 0.5) is 0 Å². The van der Waals surface area contributed by atoms with Crippen LogP contribution < -0.4 is 0 Å². The molecule has 1 aromatic heterocycles. The number of hydrogen-bond acceptors (Lipinski definition) is 3. The van der Waals surface area contributed by atoms with Crippen molar-refractivity contribution in [3.05, 3.63) is 36.2 Å². The van der Waals surface area contributed by atoms with Crippen LogP contribution in [0.3, 0.4) is 0 Å². The van der Waals surface area contributed by atoms with Gasteiger partial charge in [0.1, 0.15) is 5.78 Å². The number of benzene rings is 1. The van der Waals surface area contributed by atoms with Crippen LogP contribution in [-0.4, -0.2) is 15.8 Å². The summed E-state index contributed by atoms with van der Waals surface area (Å²) in [5.41, 5.74) is 2.48. The molecule has 2 rings (SSSR count). The molecule has 0 aliphatic heterocycles. The Hall–Kier alpha value is -1.77. The van der Waals surface area contributed by atoms with Gasteiger partial charge in [-0.2, -0.15) is 0 Å². The number of hydrogen-bond donors (Lipinski definition) is 0. The number of nitrogens with zero attached hydrogens (tertiary/aromatic N) is 2. The number of aromatic nitrogens is 2. The lowest BCUT2D eigenvalue weighted by Crippen LogP contribution is -2.04. The summed E-state index contributed by atoms with van der Waals surface area (Å²) in [5, 5.41) is 0. The Morgan fingerprint density at radius 2 is 2.00 bits per heavy atom. The van der Waals surface area contributed by atoms with Crippen LogP contribution in [0.25, 0.3) is 11.0 Å². The summed E-state index contributed by atoms with van der Waals surface area (Å²) in [4.78, 5) is 20.2. The van der Waals surface area contributed by atoms with Crippen LogP contribution in [-0.2, 0) is 11.2 Å². The highest BCUT2D eigenvalue weighted by molar-refractivity contribution is 5.81. The highest BCUT2D eigenvalue weighted by atomic mass is 16.1. The van der Waals surface area contributed by atoms with E-state index in [2.05, 4.69) is 9.97 Å². The maximum absolute atomic E-state index is 11.5. The minimum absolute atomic E-state index is 0.229. The monoisotopic (exact) mass is 214 g/mol. The number of fused-ring (bicyclic) bond motifs is 1. The summed E-state index contributed by atoms with van der Waals surface area (Å²) in [6.07, 6.45) is 3.59. The van der Waals surface area contributed by atoms with Gasteiger partial charge in [0.15, 0.2) is 0 Å². The van der Waals surface area contributed by atoms with Crippen molar-refractivity contribution in [1.82, 2.24) is 9.97 Å². The van der Waals surface area contributed by atoms with Gasteiger partial charge >= 0.3 is 0 Å². The average molecular weight is 214 g/mol. The second-order valence-electron chi connectivity index (χ2n) is 3.82. The van der Waals surface area contributed by atoms with Crippen molar-refractivity contribution in [2.45, 2.75) is 26.2 Å². The van der Waals surface area contributed by atoms with Gasteiger partial charge < -0.3 is 0 Å². The third-order valence-electron chi connectivity index (χ3n) is 2.41. The zero-order valence-electron chi connectivity index (χ0n) is 9.31. The minimum atomic E-state index is 0.229. The molecular weight excluding hydrogens is 200 g/mol. The first kappa shape index (κ1) is 10.7. The van der Waals surface area contributed by atoms with E-state index in [1.807, 2.05) is 31.2 Å². The SMILES string of the molecule is CCCC(=O)Cc1cnc2ccccc2n1. The van der Waals surface area contributed by atoms with Crippen LogP contribution in [0.15, 0.2) is 30.5 Å². The molecule has 0 saturated carbocycles. The quantitative estimate of drug-likeness (QED) is 0.785. The molecule has 0 aliphatic carbocycles. The smallest absolute Gasteiger partial charge is 0.138 e. The van der Waals surface area contributed by atoms with Crippen LogP contribution in [0.1, 0.15) is 25.5 Å². The number of ketones is 1. The summed E-state index contributed by atoms with van der Waals surface area (Å²) >= 11 is 0. The van der Waals surface area contributed by atoms with E-state index in [4.69, 9.17) is 0 Å². The molecule has 0 atom stereocenters. The normalized spacial score (nSPS) is 10.6. The van der Waals surface area contributed by atoms with Crippen LogP contribution >= 0.6 is 0 Å². The molecule has 0 fully saturated rings. The number of Topliss-reactive ketones (excluding diaryl/α,β-unsaturated/α-hetero) is 1. The van der Waals surface area contributed by atoms with E-state index in [-0.39, 0.29) is 5.78 Å². The predicted molar refractivity (Wildman–Crippen MR) is 63.2 cm³/mol. The Morgan fingerprint density at radius 3 is 2.75 bits per heavy atom. The molecule has 0 amide bonds. The molecule has 1 aromatic carbocycles. The van der Waals surface area contributed by atoms with Crippen molar-refractivity contribution in [2.24, 2.45) is 0 Å². The van der Waals surface area contributed by atoms with E-state index in [0.717, 1.165) is 23.1 Å². The van der Waals surface area contributed by atoms with Crippen molar-refractivity contribution in [1.29, 1.82) is 0 Å². The molecule has 82 valence electrons. The number of carbonyl (C=O) groups is 1. The van der Waals surface area contributed by atoms with Crippen LogP contribution in [0.2, 0.25) is 0 Å².